The number of ether oxygens (including phenoxy) is 1. The average molecular weight is 723 g/mol. The van der Waals surface area contributed by atoms with Crippen molar-refractivity contribution in [2.75, 3.05) is 10.2 Å². The third-order valence-corrected chi connectivity index (χ3v) is 11.4. The van der Waals surface area contributed by atoms with Crippen molar-refractivity contribution in [1.82, 2.24) is 9.88 Å². The monoisotopic (exact) mass is 723 g/mol. The number of carboxylic acid groups (broad SMARTS) is 1. The first-order chi connectivity index (χ1) is 16.7. The van der Waals surface area contributed by atoms with Gasteiger partial charge in [-0.05, 0) is 0 Å². The molecule has 188 valence electrons. The fourth-order valence-electron chi connectivity index (χ4n) is 3.59. The number of hydrogen-bond donors (Lipinski definition) is 2. The number of nitrogens with one attached hydrogen (secondary N) is 1. The van der Waals surface area contributed by atoms with Crippen LogP contribution in [0.5, 0.6) is 5.88 Å². The molecule has 36 heavy (non-hydrogen) atoms. The Bertz CT molecular complexity index is 1260. The third-order valence-electron chi connectivity index (χ3n) is 5.58. The minimum Gasteiger partial charge on any atom is -0.813 e. The van der Waals surface area contributed by atoms with Crippen LogP contribution in [0.1, 0.15) is 25.8 Å². The van der Waals surface area contributed by atoms with Crippen LogP contribution in [0, 0.1) is 17.6 Å². The fraction of sp³-hybridized carbons (Fsp3) is 0.208. The molecule has 3 rings (SSSR count). The van der Waals surface area contributed by atoms with Crippen molar-refractivity contribution in [1.29, 1.82) is 0 Å². The number of carbonyl (C=O) groups is 1. The van der Waals surface area contributed by atoms with Gasteiger partial charge in [0.1, 0.15) is 0 Å². The van der Waals surface area contributed by atoms with Crippen molar-refractivity contribution in [3.05, 3.63) is 76.9 Å². The zero-order valence-corrected chi connectivity index (χ0v) is 27.1. The van der Waals surface area contributed by atoms with Gasteiger partial charge >= 0.3 is 221 Å². The normalized spacial score (nSPS) is 14.7. The van der Waals surface area contributed by atoms with Crippen LogP contribution in [0.15, 0.2) is 59.6 Å². The standard InChI is InChI=1S/C18H18F2N3O2.C6H5ClNO.Hg.H2S/c1-4-10(3)15(18(24)25)14-8-22-13(9-23(14)5-2)16-11(19)6-7-12(21)17(16)20;1-9-6-3-2-5(7)4-8-6;;/h5-10,21H,2,4H2,1,3H3,(H,24,25);2,4H,1H3;;1H2/q-1;;+1;/p-1/b15-14+;;;. The van der Waals surface area contributed by atoms with E-state index in [-0.39, 0.29) is 47.6 Å². The number of rotatable bonds is 9. The molecule has 0 radical (unpaired) electrons. The predicted molar refractivity (Wildman–Crippen MR) is 137 cm³/mol. The summed E-state index contributed by atoms with van der Waals surface area (Å²) in [4.78, 5) is 21.6. The number of halogens is 3. The zero-order valence-electron chi connectivity index (χ0n) is 19.9. The molecule has 1 aromatic heterocycles. The van der Waals surface area contributed by atoms with Gasteiger partial charge in [0, 0.05) is 0 Å². The molecule has 1 atom stereocenters. The number of pyridine rings is 1. The van der Waals surface area contributed by atoms with Gasteiger partial charge in [0.15, 0.2) is 0 Å². The second-order valence-corrected chi connectivity index (χ2v) is 13.9. The summed E-state index contributed by atoms with van der Waals surface area (Å²) in [6, 6.07) is 4.21. The number of methoxy groups -OCH3 is 1. The number of aliphatic imine (C=N–C) groups is 1. The van der Waals surface area contributed by atoms with Crippen molar-refractivity contribution in [3.8, 4) is 5.88 Å². The number of anilines is 1. The predicted octanol–water partition coefficient (Wildman–Crippen LogP) is 4.70. The van der Waals surface area contributed by atoms with Crippen LogP contribution in [0.4, 0.5) is 14.5 Å². The van der Waals surface area contributed by atoms with E-state index in [1.165, 1.54) is 42.9 Å². The SMILES string of the molecule is C=CN1C=C(c2c(F)ccc([NH][Hg][c]3cc(Cl)cnc3OC)c2F)N=C/C1=C(\C(=O)O)C(C)CC.[SH-]. The number of thiol groups is 1. The van der Waals surface area contributed by atoms with Gasteiger partial charge in [-0.3, -0.25) is 0 Å². The Morgan fingerprint density at radius 3 is 2.75 bits per heavy atom. The molecular formula is C24H24ClF2HgN4O3S-. The van der Waals surface area contributed by atoms with E-state index in [1.54, 1.807) is 13.0 Å². The summed E-state index contributed by atoms with van der Waals surface area (Å²) in [5, 5.41) is 10.2. The fourth-order valence-corrected chi connectivity index (χ4v) is 9.57. The molecule has 0 spiro atoms. The first-order valence-corrected chi connectivity index (χ1v) is 16.6. The van der Waals surface area contributed by atoms with Crippen molar-refractivity contribution in [2.24, 2.45) is 10.9 Å². The molecule has 0 saturated carbocycles. The number of allylic oxidation sites excluding steroid dienone is 1. The molecule has 12 heteroatoms. The minimum absolute atomic E-state index is 0. The van der Waals surface area contributed by atoms with Crippen molar-refractivity contribution < 1.29 is 48.3 Å². The van der Waals surface area contributed by atoms with Crippen LogP contribution >= 0.6 is 11.6 Å². The summed E-state index contributed by atoms with van der Waals surface area (Å²) in [7, 11) is 1.49. The zero-order chi connectivity index (χ0) is 25.7. The van der Waals surface area contributed by atoms with Gasteiger partial charge in [-0.15, -0.1) is 0 Å². The van der Waals surface area contributed by atoms with Crippen LogP contribution in [0.2, 0.25) is 5.02 Å². The Balaban J connectivity index is 0.00000456. The summed E-state index contributed by atoms with van der Waals surface area (Å²) >= 11 is 3.81. The first kappa shape index (κ1) is 29.8. The number of hydrogen-bond acceptors (Lipinski definition) is 7. The second kappa shape index (κ2) is 13.2. The average Bonchev–Trinajstić information content (AvgIpc) is 2.84. The Kier molecular flexibility index (Phi) is 10.9. The van der Waals surface area contributed by atoms with E-state index >= 15 is 4.39 Å². The Labute approximate surface area is 232 Å². The molecule has 0 bridgehead atoms. The summed E-state index contributed by atoms with van der Waals surface area (Å²) in [5.74, 6) is -2.54. The summed E-state index contributed by atoms with van der Waals surface area (Å²) in [5.41, 5.74) is 0.222. The van der Waals surface area contributed by atoms with Crippen molar-refractivity contribution in [3.63, 3.8) is 0 Å². The maximum absolute atomic E-state index is 15.5. The summed E-state index contributed by atoms with van der Waals surface area (Å²) < 4.78 is 39.4. The molecule has 2 heterocycles. The van der Waals surface area contributed by atoms with Crippen molar-refractivity contribution >= 4 is 51.7 Å². The van der Waals surface area contributed by atoms with E-state index in [2.05, 4.69) is 19.6 Å². The van der Waals surface area contributed by atoms with Gasteiger partial charge in [-0.25, -0.2) is 0 Å². The number of carboxylic acids is 1. The Hall–Kier alpha value is -2.43. The van der Waals surface area contributed by atoms with E-state index in [4.69, 9.17) is 16.3 Å². The van der Waals surface area contributed by atoms with Gasteiger partial charge in [0.05, 0.1) is 0 Å². The van der Waals surface area contributed by atoms with Crippen LogP contribution in [0.3, 0.4) is 0 Å². The molecule has 1 aliphatic heterocycles. The molecule has 1 aromatic carbocycles. The van der Waals surface area contributed by atoms with Crippen molar-refractivity contribution in [2.45, 2.75) is 20.3 Å². The summed E-state index contributed by atoms with van der Waals surface area (Å²) in [6.45, 7) is 7.37. The van der Waals surface area contributed by atoms with Gasteiger partial charge in [-0.1, -0.05) is 0 Å². The molecule has 0 saturated heterocycles. The molecule has 0 amide bonds. The van der Waals surface area contributed by atoms with Crippen LogP contribution in [-0.4, -0.2) is 34.3 Å². The molecule has 2 aromatic rings. The third kappa shape index (κ3) is 6.46. The van der Waals surface area contributed by atoms with Gasteiger partial charge in [0.2, 0.25) is 0 Å². The maximum atomic E-state index is 15.5. The van der Waals surface area contributed by atoms with Gasteiger partial charge in [0.25, 0.3) is 0 Å². The second-order valence-electron chi connectivity index (χ2n) is 7.74. The molecule has 2 N–H and O–H groups in total. The first-order valence-electron chi connectivity index (χ1n) is 10.8. The Morgan fingerprint density at radius 2 is 2.14 bits per heavy atom. The van der Waals surface area contributed by atoms with Gasteiger partial charge < -0.3 is 13.5 Å². The van der Waals surface area contributed by atoms with Gasteiger partial charge in [-0.2, -0.15) is 0 Å². The molecule has 0 fully saturated rings. The van der Waals surface area contributed by atoms with E-state index in [1.807, 2.05) is 6.92 Å². The van der Waals surface area contributed by atoms with E-state index in [0.29, 0.717) is 17.3 Å². The molecule has 0 aliphatic carbocycles. The topological polar surface area (TPSA) is 87.0 Å². The van der Waals surface area contributed by atoms with Crippen LogP contribution in [-0.2, 0) is 43.2 Å². The van der Waals surface area contributed by atoms with E-state index < -0.39 is 42.5 Å². The molecule has 7 nitrogen and oxygen atoms in total. The smallest absolute Gasteiger partial charge is 0.813 e. The molecule has 1 aliphatic rings. The number of benzene rings is 1. The van der Waals surface area contributed by atoms with E-state index in [0.717, 1.165) is 9.14 Å². The van der Waals surface area contributed by atoms with Crippen LogP contribution < -0.4 is 10.9 Å². The van der Waals surface area contributed by atoms with Crippen LogP contribution in [0.25, 0.3) is 5.70 Å². The number of aromatic nitrogens is 1. The Morgan fingerprint density at radius 1 is 1.42 bits per heavy atom. The summed E-state index contributed by atoms with van der Waals surface area (Å²) in [6.07, 6.45) is 6.10. The number of nitrogens with zero attached hydrogens (tertiary/aromatic N) is 3. The molecular weight excluding hydrogens is 698 g/mol. The van der Waals surface area contributed by atoms with E-state index in [9.17, 15) is 14.3 Å². The molecule has 1 unspecified atom stereocenters. The number of aliphatic carboxylic acids is 1. The quantitative estimate of drug-likeness (QED) is 0.168. The minimum atomic E-state index is -2.22.